The van der Waals surface area contributed by atoms with Gasteiger partial charge in [0.2, 0.25) is 5.91 Å². The third-order valence-electron chi connectivity index (χ3n) is 3.29. The number of carbonyl (C=O) groups is 1. The fraction of sp³-hybridized carbons (Fsp3) is 0.583. The minimum Gasteiger partial charge on any atom is -0.368 e. The Kier molecular flexibility index (Phi) is 3.76. The summed E-state index contributed by atoms with van der Waals surface area (Å²) >= 11 is 0. The molecule has 0 saturated carbocycles. The molecule has 98 valence electrons. The Hall–Kier alpha value is -1.69. The first-order chi connectivity index (χ1) is 8.59. The Morgan fingerprint density at radius 2 is 2.22 bits per heavy atom. The molecule has 1 amide bonds. The Bertz CT molecular complexity index is 408. The summed E-state index contributed by atoms with van der Waals surface area (Å²) in [6, 6.07) is 0.0484. The van der Waals surface area contributed by atoms with Crippen molar-refractivity contribution < 1.29 is 4.79 Å². The first kappa shape index (κ1) is 12.8. The summed E-state index contributed by atoms with van der Waals surface area (Å²) < 4.78 is 0. The fourth-order valence-electron chi connectivity index (χ4n) is 2.33. The lowest BCUT2D eigenvalue weighted by Gasteiger charge is -2.42. The van der Waals surface area contributed by atoms with E-state index in [1.165, 1.54) is 0 Å². The van der Waals surface area contributed by atoms with Gasteiger partial charge in [-0.25, -0.2) is 4.98 Å². The number of nitrogens with zero attached hydrogens (tertiary/aromatic N) is 4. The largest absolute Gasteiger partial charge is 0.368 e. The van der Waals surface area contributed by atoms with Crippen LogP contribution in [0.15, 0.2) is 18.6 Å². The molecule has 1 aromatic rings. The van der Waals surface area contributed by atoms with Gasteiger partial charge in [0.1, 0.15) is 11.9 Å². The van der Waals surface area contributed by atoms with Gasteiger partial charge in [0, 0.05) is 38.1 Å². The van der Waals surface area contributed by atoms with Gasteiger partial charge >= 0.3 is 0 Å². The summed E-state index contributed by atoms with van der Waals surface area (Å²) in [6.07, 6.45) is 5.01. The van der Waals surface area contributed by atoms with Crippen LogP contribution in [0.3, 0.4) is 0 Å². The van der Waals surface area contributed by atoms with Crippen molar-refractivity contribution in [3.63, 3.8) is 0 Å². The molecule has 6 nitrogen and oxygen atoms in total. The molecule has 2 N–H and O–H groups in total. The van der Waals surface area contributed by atoms with Crippen molar-refractivity contribution in [1.29, 1.82) is 0 Å². The van der Waals surface area contributed by atoms with Crippen molar-refractivity contribution in [2.24, 2.45) is 5.73 Å². The van der Waals surface area contributed by atoms with Crippen LogP contribution < -0.4 is 10.6 Å². The average molecular weight is 249 g/mol. The van der Waals surface area contributed by atoms with E-state index in [0.29, 0.717) is 12.6 Å². The van der Waals surface area contributed by atoms with Crippen molar-refractivity contribution in [3.8, 4) is 0 Å². The quantitative estimate of drug-likeness (QED) is 0.807. The highest BCUT2D eigenvalue weighted by molar-refractivity contribution is 5.81. The number of nitrogens with two attached hydrogens (primary N) is 1. The lowest BCUT2D eigenvalue weighted by Crippen LogP contribution is -2.60. The van der Waals surface area contributed by atoms with E-state index in [9.17, 15) is 4.79 Å². The van der Waals surface area contributed by atoms with Crippen LogP contribution in [0.1, 0.15) is 13.8 Å². The summed E-state index contributed by atoms with van der Waals surface area (Å²) in [4.78, 5) is 24.1. The fourth-order valence-corrected chi connectivity index (χ4v) is 2.33. The van der Waals surface area contributed by atoms with E-state index in [4.69, 9.17) is 5.73 Å². The second-order valence-electron chi connectivity index (χ2n) is 4.76. The van der Waals surface area contributed by atoms with Gasteiger partial charge in [0.25, 0.3) is 0 Å². The van der Waals surface area contributed by atoms with Crippen LogP contribution in [0, 0.1) is 0 Å². The molecule has 1 aliphatic heterocycles. The van der Waals surface area contributed by atoms with E-state index in [1.54, 1.807) is 18.6 Å². The van der Waals surface area contributed by atoms with Crippen molar-refractivity contribution in [3.05, 3.63) is 18.6 Å². The highest BCUT2D eigenvalue weighted by Crippen LogP contribution is 2.17. The third-order valence-corrected chi connectivity index (χ3v) is 3.29. The normalized spacial score (nSPS) is 21.3. The predicted molar refractivity (Wildman–Crippen MR) is 69.1 cm³/mol. The molecule has 2 rings (SSSR count). The SMILES string of the molecule is CC(C)N1CCN(c2cnccn2)CC1C(N)=O. The molecule has 0 aromatic carbocycles. The third kappa shape index (κ3) is 2.59. The molecule has 0 bridgehead atoms. The molecule has 1 aliphatic rings. The number of hydrogen-bond donors (Lipinski definition) is 1. The number of anilines is 1. The molecule has 0 spiro atoms. The molecular formula is C12H19N5O. The molecule has 1 saturated heterocycles. The standard InChI is InChI=1S/C12H19N5O/c1-9(2)17-6-5-16(8-10(17)12(13)18)11-7-14-3-4-15-11/h3-4,7,9-10H,5-6,8H2,1-2H3,(H2,13,18). The molecule has 1 atom stereocenters. The molecule has 1 aromatic heterocycles. The van der Waals surface area contributed by atoms with Gasteiger partial charge in [-0.15, -0.1) is 0 Å². The second-order valence-corrected chi connectivity index (χ2v) is 4.76. The second kappa shape index (κ2) is 5.30. The lowest BCUT2D eigenvalue weighted by molar-refractivity contribution is -0.124. The maximum Gasteiger partial charge on any atom is 0.236 e. The van der Waals surface area contributed by atoms with Crippen molar-refractivity contribution in [2.45, 2.75) is 25.9 Å². The van der Waals surface area contributed by atoms with Gasteiger partial charge in [-0.3, -0.25) is 14.7 Å². The molecule has 1 fully saturated rings. The summed E-state index contributed by atoms with van der Waals surface area (Å²) in [5.41, 5.74) is 5.49. The molecule has 6 heteroatoms. The molecule has 1 unspecified atom stereocenters. The zero-order valence-electron chi connectivity index (χ0n) is 10.8. The van der Waals surface area contributed by atoms with Gasteiger partial charge in [-0.2, -0.15) is 0 Å². The van der Waals surface area contributed by atoms with Crippen LogP contribution in [-0.2, 0) is 4.79 Å². The number of rotatable bonds is 3. The molecular weight excluding hydrogens is 230 g/mol. The van der Waals surface area contributed by atoms with Crippen LogP contribution in [0.5, 0.6) is 0 Å². The lowest BCUT2D eigenvalue weighted by atomic mass is 10.1. The van der Waals surface area contributed by atoms with Crippen LogP contribution >= 0.6 is 0 Å². The first-order valence-corrected chi connectivity index (χ1v) is 6.15. The van der Waals surface area contributed by atoms with E-state index in [-0.39, 0.29) is 11.9 Å². The van der Waals surface area contributed by atoms with E-state index in [1.807, 2.05) is 0 Å². The maximum absolute atomic E-state index is 11.6. The van der Waals surface area contributed by atoms with Crippen molar-refractivity contribution in [1.82, 2.24) is 14.9 Å². The van der Waals surface area contributed by atoms with Gasteiger partial charge < -0.3 is 10.6 Å². The topological polar surface area (TPSA) is 75.3 Å². The van der Waals surface area contributed by atoms with Crippen molar-refractivity contribution in [2.75, 3.05) is 24.5 Å². The summed E-state index contributed by atoms with van der Waals surface area (Å²) in [7, 11) is 0. The van der Waals surface area contributed by atoms with Gasteiger partial charge in [-0.1, -0.05) is 0 Å². The maximum atomic E-state index is 11.6. The number of hydrogen-bond acceptors (Lipinski definition) is 5. The van der Waals surface area contributed by atoms with Crippen LogP contribution in [0.25, 0.3) is 0 Å². The van der Waals surface area contributed by atoms with Crippen LogP contribution in [0.2, 0.25) is 0 Å². The minimum atomic E-state index is -0.280. The minimum absolute atomic E-state index is 0.263. The number of carbonyl (C=O) groups excluding carboxylic acids is 1. The molecule has 2 heterocycles. The highest BCUT2D eigenvalue weighted by Gasteiger charge is 2.32. The van der Waals surface area contributed by atoms with Crippen LogP contribution in [0.4, 0.5) is 5.82 Å². The van der Waals surface area contributed by atoms with Gasteiger partial charge in [-0.05, 0) is 13.8 Å². The number of piperazine rings is 1. The molecule has 0 radical (unpaired) electrons. The first-order valence-electron chi connectivity index (χ1n) is 6.15. The Morgan fingerprint density at radius 1 is 1.44 bits per heavy atom. The Balaban J connectivity index is 2.14. The van der Waals surface area contributed by atoms with E-state index in [2.05, 4.69) is 33.6 Å². The summed E-state index contributed by atoms with van der Waals surface area (Å²) in [6.45, 7) is 6.37. The van der Waals surface area contributed by atoms with E-state index >= 15 is 0 Å². The Labute approximate surface area is 107 Å². The van der Waals surface area contributed by atoms with E-state index in [0.717, 1.165) is 18.9 Å². The van der Waals surface area contributed by atoms with Gasteiger partial charge in [0.15, 0.2) is 0 Å². The highest BCUT2D eigenvalue weighted by atomic mass is 16.1. The Morgan fingerprint density at radius 3 is 2.78 bits per heavy atom. The molecule has 0 aliphatic carbocycles. The monoisotopic (exact) mass is 249 g/mol. The number of amides is 1. The van der Waals surface area contributed by atoms with E-state index < -0.39 is 0 Å². The molecule has 18 heavy (non-hydrogen) atoms. The summed E-state index contributed by atoms with van der Waals surface area (Å²) in [5.74, 6) is 0.518. The van der Waals surface area contributed by atoms with Crippen LogP contribution in [-0.4, -0.2) is 52.5 Å². The average Bonchev–Trinajstić information content (AvgIpc) is 2.39. The predicted octanol–water partition coefficient (Wildman–Crippen LogP) is -0.139. The smallest absolute Gasteiger partial charge is 0.236 e. The number of primary amides is 1. The van der Waals surface area contributed by atoms with Crippen molar-refractivity contribution >= 4 is 11.7 Å². The number of aromatic nitrogens is 2. The zero-order chi connectivity index (χ0) is 13.1. The van der Waals surface area contributed by atoms with Gasteiger partial charge in [0.05, 0.1) is 6.20 Å². The summed E-state index contributed by atoms with van der Waals surface area (Å²) in [5, 5.41) is 0. The zero-order valence-corrected chi connectivity index (χ0v) is 10.8.